The van der Waals surface area contributed by atoms with Crippen LogP contribution in [0.2, 0.25) is 0 Å². The van der Waals surface area contributed by atoms with Crippen LogP contribution in [0.4, 0.5) is 0 Å². The molecule has 1 saturated heterocycles. The second-order valence-electron chi connectivity index (χ2n) is 16.4. The Balaban J connectivity index is 1.26. The van der Waals surface area contributed by atoms with Crippen molar-refractivity contribution in [2.45, 2.75) is 134 Å². The van der Waals surface area contributed by atoms with Gasteiger partial charge in [0.15, 0.2) is 24.3 Å². The number of esters is 2. The summed E-state index contributed by atoms with van der Waals surface area (Å²) in [5, 5.41) is 33.3. The highest BCUT2D eigenvalue weighted by atomic mass is 17.0. The minimum Gasteiger partial charge on any atom is -0.464 e. The Morgan fingerprint density at radius 3 is 2.40 bits per heavy atom. The van der Waals surface area contributed by atoms with Crippen molar-refractivity contribution in [2.75, 3.05) is 26.4 Å². The Morgan fingerprint density at radius 2 is 1.71 bits per heavy atom. The van der Waals surface area contributed by atoms with E-state index in [1.807, 2.05) is 19.9 Å². The molecule has 4 fully saturated rings. The monoisotopic (exact) mass is 821 g/mol. The third-order valence-electron chi connectivity index (χ3n) is 12.8. The molecule has 0 radical (unpaired) electrons. The quantitative estimate of drug-likeness (QED) is 0.0686. The van der Waals surface area contributed by atoms with Gasteiger partial charge in [-0.3, -0.25) is 19.2 Å². The van der Waals surface area contributed by atoms with Gasteiger partial charge in [0.2, 0.25) is 11.7 Å². The molecule has 0 aromatic heterocycles. The lowest BCUT2D eigenvalue weighted by molar-refractivity contribution is -0.757. The molecule has 3 unspecified atom stereocenters. The average Bonchev–Trinajstić information content (AvgIpc) is 3.64. The van der Waals surface area contributed by atoms with E-state index in [1.54, 1.807) is 12.2 Å². The number of ether oxygens (including phenoxy) is 4. The molecule has 4 aliphatic carbocycles. The van der Waals surface area contributed by atoms with Crippen LogP contribution in [0, 0.1) is 48.8 Å². The number of amides is 1. The van der Waals surface area contributed by atoms with Crippen LogP contribution in [0.1, 0.15) is 104 Å². The molecule has 1 aliphatic heterocycles. The first-order valence-corrected chi connectivity index (χ1v) is 20.2. The Bertz CT molecular complexity index is 1650. The highest BCUT2D eigenvalue weighted by molar-refractivity contribution is 6.01. The number of aliphatic hydroxyl groups excluding tert-OH is 1. The van der Waals surface area contributed by atoms with E-state index in [1.165, 1.54) is 0 Å². The number of carbonyl (C=O) groups is 5. The standard InChI is InChI=1S/C39H55N3O16/c1-4-10-34-57-31-20-27-26-13-12-24-19-25(43)14-15-37(24,2)35(26)29(44)22-38(27,3)39(31,58-34)30(45)23-54-33(47)21-28(36(48)53-16-8-9-18-56-42(51)52)40-32(46)11-6-5-7-17-55-41(49)50/h14-15,19,26-29,31,34-35,44H,4-13,16-18,20-23H2,1-3H3,(H,40,46)/t26-,27-,28?,29-,31+,34?,35+,37-,38-,39?/m0/s1. The predicted octanol–water partition coefficient (Wildman–Crippen LogP) is 3.44. The topological polar surface area (TPSA) is 259 Å². The minimum atomic E-state index is -1.55. The summed E-state index contributed by atoms with van der Waals surface area (Å²) in [4.78, 5) is 95.3. The fourth-order valence-corrected chi connectivity index (χ4v) is 10.3. The Labute approximate surface area is 335 Å². The third-order valence-corrected chi connectivity index (χ3v) is 12.8. The molecule has 0 aromatic rings. The Morgan fingerprint density at radius 1 is 1.02 bits per heavy atom. The van der Waals surface area contributed by atoms with Crippen molar-refractivity contribution in [3.8, 4) is 0 Å². The van der Waals surface area contributed by atoms with Gasteiger partial charge in [0, 0.05) is 23.2 Å². The van der Waals surface area contributed by atoms with Gasteiger partial charge < -0.3 is 39.0 Å². The number of hydrogen-bond donors (Lipinski definition) is 2. The largest absolute Gasteiger partial charge is 0.464 e. The zero-order chi connectivity index (χ0) is 42.3. The molecule has 0 spiro atoms. The van der Waals surface area contributed by atoms with Gasteiger partial charge in [-0.1, -0.05) is 45.3 Å². The van der Waals surface area contributed by atoms with Crippen molar-refractivity contribution in [2.24, 2.45) is 28.6 Å². The maximum Gasteiger partial charge on any atom is 0.329 e. The predicted molar refractivity (Wildman–Crippen MR) is 198 cm³/mol. The molecule has 19 heteroatoms. The van der Waals surface area contributed by atoms with Gasteiger partial charge in [0.25, 0.3) is 10.2 Å². The number of carbonyl (C=O) groups excluding carboxylic acids is 5. The van der Waals surface area contributed by atoms with Crippen LogP contribution in [0.25, 0.3) is 0 Å². The van der Waals surface area contributed by atoms with Crippen LogP contribution in [-0.2, 0) is 52.6 Å². The number of Topliss-reactive ketones (excluding diaryl/α,β-unsaturated/α-hetero) is 1. The summed E-state index contributed by atoms with van der Waals surface area (Å²) >= 11 is 0. The fourth-order valence-electron chi connectivity index (χ4n) is 10.3. The van der Waals surface area contributed by atoms with Crippen molar-refractivity contribution >= 4 is 29.4 Å². The molecular formula is C39H55N3O16. The third kappa shape index (κ3) is 9.52. The first-order chi connectivity index (χ1) is 27.5. The van der Waals surface area contributed by atoms with Gasteiger partial charge in [0.1, 0.15) is 6.04 Å². The maximum atomic E-state index is 14.6. The molecule has 58 heavy (non-hydrogen) atoms. The summed E-state index contributed by atoms with van der Waals surface area (Å²) in [6.07, 6.45) is 6.91. The number of allylic oxidation sites excluding steroid dienone is 4. The number of fused-ring (bicyclic) bond motifs is 7. The van der Waals surface area contributed by atoms with E-state index in [9.17, 15) is 49.3 Å². The van der Waals surface area contributed by atoms with Crippen LogP contribution in [0.3, 0.4) is 0 Å². The zero-order valence-corrected chi connectivity index (χ0v) is 33.3. The number of rotatable bonds is 22. The number of hydrogen-bond acceptors (Lipinski definition) is 16. The molecule has 1 heterocycles. The number of ketones is 2. The first-order valence-electron chi connectivity index (χ1n) is 20.2. The lowest BCUT2D eigenvalue weighted by Crippen LogP contribution is -2.63. The Kier molecular flexibility index (Phi) is 14.7. The molecule has 1 amide bonds. The Hall–Kier alpha value is -4.49. The van der Waals surface area contributed by atoms with E-state index < -0.39 is 87.8 Å². The van der Waals surface area contributed by atoms with E-state index in [0.717, 1.165) is 5.57 Å². The van der Waals surface area contributed by atoms with Crippen LogP contribution in [0.15, 0.2) is 23.8 Å². The van der Waals surface area contributed by atoms with Crippen molar-refractivity contribution < 1.29 is 67.9 Å². The zero-order valence-electron chi connectivity index (χ0n) is 33.3. The lowest BCUT2D eigenvalue weighted by Gasteiger charge is -2.59. The van der Waals surface area contributed by atoms with E-state index in [4.69, 9.17) is 18.9 Å². The summed E-state index contributed by atoms with van der Waals surface area (Å²) in [5.74, 6) is -3.47. The van der Waals surface area contributed by atoms with E-state index in [2.05, 4.69) is 21.9 Å². The summed E-state index contributed by atoms with van der Waals surface area (Å²) < 4.78 is 23.8. The van der Waals surface area contributed by atoms with Crippen LogP contribution in [0.5, 0.6) is 0 Å². The maximum absolute atomic E-state index is 14.6. The van der Waals surface area contributed by atoms with Crippen LogP contribution in [-0.4, -0.2) is 101 Å². The van der Waals surface area contributed by atoms with Crippen LogP contribution >= 0.6 is 0 Å². The van der Waals surface area contributed by atoms with Crippen molar-refractivity contribution in [3.05, 3.63) is 44.0 Å². The fraction of sp³-hybridized carbons (Fsp3) is 0.769. The second kappa shape index (κ2) is 19.1. The highest BCUT2D eigenvalue weighted by Crippen LogP contribution is 2.69. The van der Waals surface area contributed by atoms with E-state index in [0.29, 0.717) is 51.4 Å². The summed E-state index contributed by atoms with van der Waals surface area (Å²) in [6, 6.07) is -1.50. The molecule has 3 saturated carbocycles. The molecule has 5 rings (SSSR count). The number of nitrogens with one attached hydrogen (secondary N) is 1. The summed E-state index contributed by atoms with van der Waals surface area (Å²) in [7, 11) is 0. The van der Waals surface area contributed by atoms with Gasteiger partial charge in [-0.15, -0.1) is 20.2 Å². The van der Waals surface area contributed by atoms with E-state index in [-0.39, 0.29) is 69.0 Å². The van der Waals surface area contributed by atoms with Crippen molar-refractivity contribution in [1.29, 1.82) is 0 Å². The number of aliphatic hydroxyl groups is 1. The molecular weight excluding hydrogens is 766 g/mol. The van der Waals surface area contributed by atoms with Crippen molar-refractivity contribution in [3.63, 3.8) is 0 Å². The molecule has 10 atom stereocenters. The van der Waals surface area contributed by atoms with Gasteiger partial charge in [-0.2, -0.15) is 0 Å². The van der Waals surface area contributed by atoms with Gasteiger partial charge >= 0.3 is 11.9 Å². The van der Waals surface area contributed by atoms with Crippen LogP contribution < -0.4 is 5.32 Å². The molecule has 19 nitrogen and oxygen atoms in total. The number of nitrogens with zero attached hydrogens (tertiary/aromatic N) is 2. The smallest absolute Gasteiger partial charge is 0.329 e. The average molecular weight is 822 g/mol. The molecule has 5 aliphatic rings. The molecule has 0 bridgehead atoms. The molecule has 322 valence electrons. The summed E-state index contributed by atoms with van der Waals surface area (Å²) in [6.45, 7) is 4.70. The normalized spacial score (nSPS) is 32.3. The SMILES string of the molecule is CCCC1O[C@@H]2C[C@H]3[C@@H]4CCC5=CC(=O)C=C[C@]5(C)[C@H]4[C@@H](O)C[C@]3(C)C2(C(=O)COC(=O)CC(NC(=O)CCCCCO[N+](=O)[O-])C(=O)OCCCCO[N+](=O)[O-])O1. The first kappa shape index (κ1) is 44.6. The van der Waals surface area contributed by atoms with Gasteiger partial charge in [-0.05, 0) is 81.8 Å². The summed E-state index contributed by atoms with van der Waals surface area (Å²) in [5.41, 5.74) is -1.98. The second-order valence-corrected chi connectivity index (χ2v) is 16.4. The van der Waals surface area contributed by atoms with Crippen molar-refractivity contribution in [1.82, 2.24) is 5.32 Å². The molecule has 2 N–H and O–H groups in total. The molecule has 0 aromatic carbocycles. The minimum absolute atomic E-state index is 0.0197. The van der Waals surface area contributed by atoms with E-state index >= 15 is 0 Å². The lowest BCUT2D eigenvalue weighted by atomic mass is 9.46. The number of unbranched alkanes of at least 4 members (excludes halogenated alkanes) is 3. The van der Waals surface area contributed by atoms with Gasteiger partial charge in [-0.25, -0.2) is 4.79 Å². The van der Waals surface area contributed by atoms with Gasteiger partial charge in [0.05, 0.1) is 38.4 Å². The highest BCUT2D eigenvalue weighted by Gasteiger charge is 2.76.